The summed E-state index contributed by atoms with van der Waals surface area (Å²) in [6, 6.07) is 21.0. The Morgan fingerprint density at radius 3 is 2.18 bits per heavy atom. The van der Waals surface area contributed by atoms with Gasteiger partial charge in [-0.25, -0.2) is 8.42 Å². The molecule has 0 aromatic heterocycles. The second kappa shape index (κ2) is 12.2. The average Bonchev–Trinajstić information content (AvgIpc) is 3.14. The van der Waals surface area contributed by atoms with Gasteiger partial charge in [-0.05, 0) is 59.7 Å². The molecule has 0 radical (unpaired) electrons. The number of carbonyl (C=O) groups is 2. The zero-order valence-electron chi connectivity index (χ0n) is 24.8. The van der Waals surface area contributed by atoms with Crippen molar-refractivity contribution in [3.63, 3.8) is 0 Å². The third-order valence-electron chi connectivity index (χ3n) is 7.23. The monoisotopic (exact) mass is 616 g/mol. The smallest absolute Gasteiger partial charge is 0.257 e. The van der Waals surface area contributed by atoms with Crippen LogP contribution in [0.1, 0.15) is 15.9 Å². The predicted molar refractivity (Wildman–Crippen MR) is 171 cm³/mol. The molecule has 12 heteroatoms. The molecule has 1 aliphatic heterocycles. The minimum atomic E-state index is -3.49. The first kappa shape index (κ1) is 30.2. The molecule has 44 heavy (non-hydrogen) atoms. The highest BCUT2D eigenvalue weighted by Crippen LogP contribution is 2.40. The number of para-hydroxylation sites is 1. The van der Waals surface area contributed by atoms with Gasteiger partial charge in [0.2, 0.25) is 21.7 Å². The number of nitrogens with zero attached hydrogens (tertiary/aromatic N) is 1. The van der Waals surface area contributed by atoms with E-state index in [4.69, 9.17) is 14.2 Å². The van der Waals surface area contributed by atoms with Crippen LogP contribution in [-0.4, -0.2) is 54.9 Å². The van der Waals surface area contributed by atoms with Crippen LogP contribution in [0.5, 0.6) is 17.2 Å². The van der Waals surface area contributed by atoms with Gasteiger partial charge >= 0.3 is 0 Å². The van der Waals surface area contributed by atoms with Crippen LogP contribution < -0.4 is 34.5 Å². The van der Waals surface area contributed by atoms with Crippen LogP contribution in [-0.2, 0) is 21.2 Å². The average molecular weight is 617 g/mol. The van der Waals surface area contributed by atoms with E-state index in [-0.39, 0.29) is 18.2 Å². The van der Waals surface area contributed by atoms with Crippen molar-refractivity contribution in [2.45, 2.75) is 6.42 Å². The number of hydrogen-bond acceptors (Lipinski definition) is 8. The van der Waals surface area contributed by atoms with Crippen molar-refractivity contribution < 1.29 is 32.2 Å². The molecule has 0 fully saturated rings. The van der Waals surface area contributed by atoms with Gasteiger partial charge in [-0.2, -0.15) is 0 Å². The van der Waals surface area contributed by atoms with Crippen molar-refractivity contribution in [2.75, 3.05) is 54.9 Å². The van der Waals surface area contributed by atoms with Crippen molar-refractivity contribution in [1.82, 2.24) is 0 Å². The van der Waals surface area contributed by atoms with E-state index in [1.54, 1.807) is 54.6 Å². The van der Waals surface area contributed by atoms with Crippen LogP contribution in [0.25, 0.3) is 11.1 Å². The summed E-state index contributed by atoms with van der Waals surface area (Å²) in [6.45, 7) is 0. The van der Waals surface area contributed by atoms with Crippen LogP contribution in [0.4, 0.5) is 28.4 Å². The third kappa shape index (κ3) is 6.11. The maximum absolute atomic E-state index is 13.2. The third-order valence-corrected chi connectivity index (χ3v) is 8.42. The first-order valence-electron chi connectivity index (χ1n) is 13.5. The Labute approximate surface area is 255 Å². The molecular weight excluding hydrogens is 584 g/mol. The SMILES string of the molecule is COc1cc(CC(=O)Nc2ccc3c(c2)NC(=O)c2ccc(-c4ccccc4N(C)S(C)(=O)=O)cc2N3)cc(OC)c1OC. The lowest BCUT2D eigenvalue weighted by Gasteiger charge is -2.21. The lowest BCUT2D eigenvalue weighted by molar-refractivity contribution is -0.115. The molecule has 5 rings (SSSR count). The van der Waals surface area contributed by atoms with Gasteiger partial charge in [0.05, 0.1) is 62.3 Å². The van der Waals surface area contributed by atoms with E-state index in [0.717, 1.165) is 11.8 Å². The summed E-state index contributed by atoms with van der Waals surface area (Å²) >= 11 is 0. The quantitative estimate of drug-likeness (QED) is 0.232. The van der Waals surface area contributed by atoms with Crippen molar-refractivity contribution in [3.8, 4) is 28.4 Å². The summed E-state index contributed by atoms with van der Waals surface area (Å²) in [5.41, 5.74) is 5.16. The maximum Gasteiger partial charge on any atom is 0.257 e. The first-order valence-corrected chi connectivity index (χ1v) is 15.4. The van der Waals surface area contributed by atoms with E-state index in [9.17, 15) is 18.0 Å². The maximum atomic E-state index is 13.2. The molecule has 0 saturated carbocycles. The van der Waals surface area contributed by atoms with Crippen molar-refractivity contribution >= 4 is 50.3 Å². The van der Waals surface area contributed by atoms with Crippen LogP contribution >= 0.6 is 0 Å². The van der Waals surface area contributed by atoms with Crippen LogP contribution in [0.3, 0.4) is 0 Å². The van der Waals surface area contributed by atoms with E-state index in [1.165, 1.54) is 32.7 Å². The number of sulfonamides is 1. The fraction of sp³-hybridized carbons (Fsp3) is 0.188. The van der Waals surface area contributed by atoms with E-state index in [2.05, 4.69) is 16.0 Å². The summed E-state index contributed by atoms with van der Waals surface area (Å²) in [7, 11) is 2.54. The normalized spacial score (nSPS) is 12.1. The van der Waals surface area contributed by atoms with Gasteiger partial charge in [-0.3, -0.25) is 13.9 Å². The molecular formula is C32H32N4O7S. The number of fused-ring (bicyclic) bond motifs is 2. The molecule has 4 aromatic rings. The molecule has 2 amide bonds. The van der Waals surface area contributed by atoms with Crippen molar-refractivity contribution in [3.05, 3.63) is 83.9 Å². The van der Waals surface area contributed by atoms with Gasteiger partial charge in [0, 0.05) is 18.3 Å². The standard InChI is InChI=1S/C32H32N4O7S/c1-36(44(5,39)40)27-9-7-6-8-22(27)20-10-12-23-25(17-20)34-24-13-11-21(18-26(24)35-32(23)38)33-30(37)16-19-14-28(41-2)31(43-4)29(15-19)42-3/h6-15,17-18,34H,16H2,1-5H3,(H,33,37)(H,35,38). The number of hydrogen-bond donors (Lipinski definition) is 3. The highest BCUT2D eigenvalue weighted by Gasteiger charge is 2.22. The number of rotatable bonds is 9. The molecule has 0 atom stereocenters. The van der Waals surface area contributed by atoms with Gasteiger partial charge < -0.3 is 30.2 Å². The number of methoxy groups -OCH3 is 3. The van der Waals surface area contributed by atoms with Crippen molar-refractivity contribution in [1.29, 1.82) is 0 Å². The second-order valence-electron chi connectivity index (χ2n) is 10.1. The van der Waals surface area contributed by atoms with Gasteiger partial charge in [-0.15, -0.1) is 0 Å². The Hall–Kier alpha value is -5.23. The zero-order valence-corrected chi connectivity index (χ0v) is 25.7. The summed E-state index contributed by atoms with van der Waals surface area (Å²) in [5, 5.41) is 9.09. The summed E-state index contributed by atoms with van der Waals surface area (Å²) in [6.07, 6.45) is 1.19. The molecule has 0 spiro atoms. The Bertz CT molecular complexity index is 1850. The molecule has 0 saturated heterocycles. The molecule has 3 N–H and O–H groups in total. The summed E-state index contributed by atoms with van der Waals surface area (Å²) in [5.74, 6) is 0.717. The van der Waals surface area contributed by atoms with Gasteiger partial charge in [-0.1, -0.05) is 24.3 Å². The van der Waals surface area contributed by atoms with E-state index < -0.39 is 10.0 Å². The zero-order chi connectivity index (χ0) is 31.6. The lowest BCUT2D eigenvalue weighted by atomic mass is 10.0. The van der Waals surface area contributed by atoms with Crippen LogP contribution in [0, 0.1) is 0 Å². The molecule has 1 aliphatic rings. The molecule has 4 aromatic carbocycles. The number of carbonyl (C=O) groups excluding carboxylic acids is 2. The molecule has 228 valence electrons. The topological polar surface area (TPSA) is 135 Å². The Morgan fingerprint density at radius 2 is 1.52 bits per heavy atom. The molecule has 0 aliphatic carbocycles. The second-order valence-corrected chi connectivity index (χ2v) is 12.1. The fourth-order valence-electron chi connectivity index (χ4n) is 4.98. The number of benzene rings is 4. The Balaban J connectivity index is 1.38. The van der Waals surface area contributed by atoms with E-state index >= 15 is 0 Å². The van der Waals surface area contributed by atoms with E-state index in [1.807, 2.05) is 18.2 Å². The van der Waals surface area contributed by atoms with Crippen LogP contribution in [0.15, 0.2) is 72.8 Å². The molecule has 0 unspecified atom stereocenters. The summed E-state index contributed by atoms with van der Waals surface area (Å²) < 4.78 is 41.8. The lowest BCUT2D eigenvalue weighted by Crippen LogP contribution is -2.25. The Morgan fingerprint density at radius 1 is 0.818 bits per heavy atom. The fourth-order valence-corrected chi connectivity index (χ4v) is 5.50. The number of nitrogens with one attached hydrogen (secondary N) is 3. The van der Waals surface area contributed by atoms with Gasteiger partial charge in [0.25, 0.3) is 5.91 Å². The van der Waals surface area contributed by atoms with Crippen molar-refractivity contribution in [2.24, 2.45) is 0 Å². The molecule has 11 nitrogen and oxygen atoms in total. The predicted octanol–water partition coefficient (Wildman–Crippen LogP) is 5.27. The largest absolute Gasteiger partial charge is 0.493 e. The van der Waals surface area contributed by atoms with Crippen LogP contribution in [0.2, 0.25) is 0 Å². The molecule has 0 bridgehead atoms. The minimum Gasteiger partial charge on any atom is -0.493 e. The highest BCUT2D eigenvalue weighted by atomic mass is 32.2. The number of anilines is 5. The van der Waals surface area contributed by atoms with E-state index in [0.29, 0.717) is 62.4 Å². The molecule has 1 heterocycles. The summed E-state index contributed by atoms with van der Waals surface area (Å²) in [4.78, 5) is 26.2. The van der Waals surface area contributed by atoms with Gasteiger partial charge in [0.15, 0.2) is 11.5 Å². The minimum absolute atomic E-state index is 0.0443. The number of amides is 2. The van der Waals surface area contributed by atoms with Gasteiger partial charge in [0.1, 0.15) is 0 Å². The highest BCUT2D eigenvalue weighted by molar-refractivity contribution is 7.92. The first-order chi connectivity index (χ1) is 21.0. The Kier molecular flexibility index (Phi) is 8.36. The number of ether oxygens (including phenoxy) is 3.